The molecule has 0 aliphatic rings. The van der Waals surface area contributed by atoms with Crippen molar-refractivity contribution < 1.29 is 5.11 Å². The molecule has 1 unspecified atom stereocenters. The smallest absolute Gasteiger partial charge is 0.106 e. The predicted octanol–water partition coefficient (Wildman–Crippen LogP) is 2.49. The number of aliphatic hydroxyl groups is 1. The second-order valence-electron chi connectivity index (χ2n) is 5.73. The molecule has 1 aromatic heterocycles. The van der Waals surface area contributed by atoms with Gasteiger partial charge in [0.1, 0.15) is 5.82 Å². The van der Waals surface area contributed by atoms with Crippen LogP contribution in [0.2, 0.25) is 0 Å². The van der Waals surface area contributed by atoms with E-state index in [2.05, 4.69) is 46.9 Å². The minimum absolute atomic E-state index is 0.161. The largest absolute Gasteiger partial charge is 0.394 e. The Hall–Kier alpha value is -1.39. The number of rotatable bonds is 7. The molecule has 0 aliphatic heterocycles. The first-order valence-corrected chi connectivity index (χ1v) is 7.31. The van der Waals surface area contributed by atoms with Crippen LogP contribution in [0.15, 0.2) is 24.3 Å². The SMILES string of the molecule is CNC(C)(CO)CCCCn1c(C)nc2ccccc21. The highest BCUT2D eigenvalue weighted by Crippen LogP contribution is 2.18. The summed E-state index contributed by atoms with van der Waals surface area (Å²) in [6, 6.07) is 8.27. The summed E-state index contributed by atoms with van der Waals surface area (Å²) in [7, 11) is 1.91. The van der Waals surface area contributed by atoms with Gasteiger partial charge in [-0.05, 0) is 52.3 Å². The fourth-order valence-electron chi connectivity index (χ4n) is 2.55. The zero-order valence-electron chi connectivity index (χ0n) is 12.7. The van der Waals surface area contributed by atoms with E-state index in [-0.39, 0.29) is 12.1 Å². The summed E-state index contributed by atoms with van der Waals surface area (Å²) in [4.78, 5) is 4.58. The van der Waals surface area contributed by atoms with Gasteiger partial charge in [0, 0.05) is 12.1 Å². The molecular formula is C16H25N3O. The average Bonchev–Trinajstić information content (AvgIpc) is 2.79. The predicted molar refractivity (Wildman–Crippen MR) is 82.9 cm³/mol. The number of nitrogens with one attached hydrogen (secondary N) is 1. The maximum absolute atomic E-state index is 9.38. The lowest BCUT2D eigenvalue weighted by Gasteiger charge is -2.26. The summed E-state index contributed by atoms with van der Waals surface area (Å²) in [6.07, 6.45) is 3.16. The van der Waals surface area contributed by atoms with Crippen LogP contribution in [0.25, 0.3) is 11.0 Å². The molecule has 0 saturated carbocycles. The molecule has 4 nitrogen and oxygen atoms in total. The third-order valence-electron chi connectivity index (χ3n) is 4.16. The van der Waals surface area contributed by atoms with Crippen molar-refractivity contribution in [3.05, 3.63) is 30.1 Å². The molecular weight excluding hydrogens is 250 g/mol. The molecule has 2 N–H and O–H groups in total. The summed E-state index contributed by atoms with van der Waals surface area (Å²) in [5.74, 6) is 1.07. The topological polar surface area (TPSA) is 50.1 Å². The zero-order chi connectivity index (χ0) is 14.6. The molecule has 0 fully saturated rings. The minimum Gasteiger partial charge on any atom is -0.394 e. The van der Waals surface area contributed by atoms with E-state index in [0.717, 1.165) is 37.1 Å². The molecule has 1 aromatic carbocycles. The standard InChI is InChI=1S/C16H25N3O/c1-13-18-14-8-4-5-9-15(14)19(13)11-7-6-10-16(2,12-20)17-3/h4-5,8-9,17,20H,6-7,10-12H2,1-3H3. The fraction of sp³-hybridized carbons (Fsp3) is 0.562. The number of imidazole rings is 1. The Morgan fingerprint density at radius 1 is 1.30 bits per heavy atom. The van der Waals surface area contributed by atoms with E-state index in [4.69, 9.17) is 0 Å². The Morgan fingerprint density at radius 3 is 2.75 bits per heavy atom. The highest BCUT2D eigenvalue weighted by molar-refractivity contribution is 5.75. The minimum atomic E-state index is -0.161. The maximum atomic E-state index is 9.38. The summed E-state index contributed by atoms with van der Waals surface area (Å²) < 4.78 is 2.28. The Kier molecular flexibility index (Phi) is 4.78. The van der Waals surface area contributed by atoms with E-state index in [0.29, 0.717) is 0 Å². The molecule has 0 radical (unpaired) electrons. The van der Waals surface area contributed by atoms with Crippen molar-refractivity contribution in [1.82, 2.24) is 14.9 Å². The van der Waals surface area contributed by atoms with Crippen molar-refractivity contribution in [1.29, 1.82) is 0 Å². The lowest BCUT2D eigenvalue weighted by Crippen LogP contribution is -2.43. The number of unbranched alkanes of at least 4 members (excludes halogenated alkanes) is 1. The van der Waals surface area contributed by atoms with Crippen LogP contribution in [-0.4, -0.2) is 33.9 Å². The molecule has 0 aliphatic carbocycles. The van der Waals surface area contributed by atoms with Gasteiger partial charge in [-0.1, -0.05) is 12.1 Å². The van der Waals surface area contributed by atoms with Crippen molar-refractivity contribution in [3.63, 3.8) is 0 Å². The van der Waals surface area contributed by atoms with Crippen molar-refractivity contribution in [3.8, 4) is 0 Å². The van der Waals surface area contributed by atoms with Gasteiger partial charge in [0.05, 0.1) is 17.6 Å². The number of nitrogens with zero attached hydrogens (tertiary/aromatic N) is 2. The highest BCUT2D eigenvalue weighted by atomic mass is 16.3. The van der Waals surface area contributed by atoms with Crippen molar-refractivity contribution in [2.24, 2.45) is 0 Å². The van der Waals surface area contributed by atoms with Gasteiger partial charge >= 0.3 is 0 Å². The molecule has 1 heterocycles. The molecule has 110 valence electrons. The number of aromatic nitrogens is 2. The quantitative estimate of drug-likeness (QED) is 0.763. The fourth-order valence-corrected chi connectivity index (χ4v) is 2.55. The number of para-hydroxylation sites is 2. The Morgan fingerprint density at radius 2 is 2.05 bits per heavy atom. The first kappa shape index (κ1) is 15.0. The van der Waals surface area contributed by atoms with Crippen LogP contribution in [0.5, 0.6) is 0 Å². The van der Waals surface area contributed by atoms with E-state index in [9.17, 15) is 5.11 Å². The molecule has 4 heteroatoms. The van der Waals surface area contributed by atoms with Gasteiger partial charge in [-0.3, -0.25) is 0 Å². The maximum Gasteiger partial charge on any atom is 0.106 e. The Balaban J connectivity index is 1.95. The molecule has 0 amide bonds. The molecule has 2 rings (SSSR count). The van der Waals surface area contributed by atoms with Crippen molar-refractivity contribution in [2.45, 2.75) is 45.2 Å². The first-order valence-electron chi connectivity index (χ1n) is 7.31. The van der Waals surface area contributed by atoms with E-state index in [1.807, 2.05) is 13.1 Å². The highest BCUT2D eigenvalue weighted by Gasteiger charge is 2.19. The molecule has 2 aromatic rings. The number of benzene rings is 1. The van der Waals surface area contributed by atoms with Crippen LogP contribution >= 0.6 is 0 Å². The van der Waals surface area contributed by atoms with E-state index in [1.165, 1.54) is 5.52 Å². The van der Waals surface area contributed by atoms with Crippen LogP contribution < -0.4 is 5.32 Å². The molecule has 20 heavy (non-hydrogen) atoms. The number of aliphatic hydroxyl groups excluding tert-OH is 1. The average molecular weight is 275 g/mol. The third kappa shape index (κ3) is 3.19. The summed E-state index contributed by atoms with van der Waals surface area (Å²) in [5, 5.41) is 12.6. The van der Waals surface area contributed by atoms with Gasteiger partial charge in [0.15, 0.2) is 0 Å². The van der Waals surface area contributed by atoms with Crippen LogP contribution in [0.4, 0.5) is 0 Å². The molecule has 1 atom stereocenters. The van der Waals surface area contributed by atoms with Crippen LogP contribution in [-0.2, 0) is 6.54 Å². The number of aryl methyl sites for hydroxylation is 2. The number of fused-ring (bicyclic) bond motifs is 1. The van der Waals surface area contributed by atoms with Crippen LogP contribution in [0, 0.1) is 6.92 Å². The van der Waals surface area contributed by atoms with E-state index < -0.39 is 0 Å². The van der Waals surface area contributed by atoms with E-state index >= 15 is 0 Å². The zero-order valence-corrected chi connectivity index (χ0v) is 12.7. The monoisotopic (exact) mass is 275 g/mol. The summed E-state index contributed by atoms with van der Waals surface area (Å²) in [6.45, 7) is 5.28. The molecule has 0 bridgehead atoms. The normalized spacial score (nSPS) is 14.6. The Bertz CT molecular complexity index is 558. The molecule has 0 spiro atoms. The second kappa shape index (κ2) is 6.37. The Labute approximate surface area is 120 Å². The van der Waals surface area contributed by atoms with Crippen molar-refractivity contribution >= 4 is 11.0 Å². The van der Waals surface area contributed by atoms with Gasteiger partial charge < -0.3 is 15.0 Å². The van der Waals surface area contributed by atoms with Gasteiger partial charge in [-0.25, -0.2) is 4.98 Å². The van der Waals surface area contributed by atoms with Gasteiger partial charge in [0.25, 0.3) is 0 Å². The van der Waals surface area contributed by atoms with Crippen LogP contribution in [0.1, 0.15) is 32.0 Å². The molecule has 0 saturated heterocycles. The van der Waals surface area contributed by atoms with Gasteiger partial charge in [0.2, 0.25) is 0 Å². The van der Waals surface area contributed by atoms with Gasteiger partial charge in [-0.2, -0.15) is 0 Å². The number of hydrogen-bond acceptors (Lipinski definition) is 3. The summed E-state index contributed by atoms with van der Waals surface area (Å²) >= 11 is 0. The van der Waals surface area contributed by atoms with Gasteiger partial charge in [-0.15, -0.1) is 0 Å². The third-order valence-corrected chi connectivity index (χ3v) is 4.16. The second-order valence-corrected chi connectivity index (χ2v) is 5.73. The van der Waals surface area contributed by atoms with E-state index in [1.54, 1.807) is 0 Å². The number of likely N-dealkylation sites (N-methyl/N-ethyl adjacent to an activating group) is 1. The van der Waals surface area contributed by atoms with Crippen molar-refractivity contribution in [2.75, 3.05) is 13.7 Å². The lowest BCUT2D eigenvalue weighted by atomic mass is 9.96. The lowest BCUT2D eigenvalue weighted by molar-refractivity contribution is 0.170. The van der Waals surface area contributed by atoms with Crippen LogP contribution in [0.3, 0.4) is 0 Å². The summed E-state index contributed by atoms with van der Waals surface area (Å²) in [5.41, 5.74) is 2.12. The number of hydrogen-bond donors (Lipinski definition) is 2. The first-order chi connectivity index (χ1) is 9.59.